The number of thioether (sulfide) groups is 1. The van der Waals surface area contributed by atoms with Gasteiger partial charge in [0.2, 0.25) is 0 Å². The topological polar surface area (TPSA) is 29.3 Å². The summed E-state index contributed by atoms with van der Waals surface area (Å²) in [4.78, 5) is 2.56. The van der Waals surface area contributed by atoms with E-state index in [4.69, 9.17) is 5.73 Å². The molecule has 1 saturated heterocycles. The third-order valence-electron chi connectivity index (χ3n) is 3.63. The highest BCUT2D eigenvalue weighted by Gasteiger charge is 2.16. The van der Waals surface area contributed by atoms with E-state index in [0.29, 0.717) is 5.92 Å². The Morgan fingerprint density at radius 1 is 1.39 bits per heavy atom. The summed E-state index contributed by atoms with van der Waals surface area (Å²) in [6, 6.07) is 8.98. The molecule has 2 N–H and O–H groups in total. The lowest BCUT2D eigenvalue weighted by Crippen LogP contribution is -2.35. The van der Waals surface area contributed by atoms with Crippen LogP contribution in [0.2, 0.25) is 0 Å². The van der Waals surface area contributed by atoms with Crippen LogP contribution in [0.5, 0.6) is 0 Å². The quantitative estimate of drug-likeness (QED) is 0.906. The van der Waals surface area contributed by atoms with Gasteiger partial charge in [0.15, 0.2) is 0 Å². The van der Waals surface area contributed by atoms with Gasteiger partial charge in [0, 0.05) is 30.6 Å². The third-order valence-corrected chi connectivity index (χ3v) is 4.77. The van der Waals surface area contributed by atoms with Crippen molar-refractivity contribution in [3.05, 3.63) is 35.4 Å². The fourth-order valence-corrected chi connectivity index (χ4v) is 3.46. The molecule has 3 heteroatoms. The van der Waals surface area contributed by atoms with E-state index >= 15 is 0 Å². The Labute approximate surface area is 115 Å². The van der Waals surface area contributed by atoms with Crippen LogP contribution in [0.4, 0.5) is 0 Å². The van der Waals surface area contributed by atoms with E-state index in [1.165, 1.54) is 30.0 Å². The Kier molecular flexibility index (Phi) is 5.10. The molecule has 2 nitrogen and oxygen atoms in total. The van der Waals surface area contributed by atoms with Crippen molar-refractivity contribution in [3.8, 4) is 0 Å². The average molecular weight is 264 g/mol. The van der Waals surface area contributed by atoms with Crippen molar-refractivity contribution >= 4 is 11.8 Å². The first-order valence-electron chi connectivity index (χ1n) is 6.82. The summed E-state index contributed by atoms with van der Waals surface area (Å²) in [7, 11) is 0. The Balaban J connectivity index is 1.93. The molecule has 1 fully saturated rings. The van der Waals surface area contributed by atoms with Gasteiger partial charge in [-0.1, -0.05) is 38.1 Å². The van der Waals surface area contributed by atoms with E-state index in [2.05, 4.69) is 54.8 Å². The Morgan fingerprint density at radius 2 is 2.11 bits per heavy atom. The number of rotatable bonds is 4. The van der Waals surface area contributed by atoms with E-state index in [-0.39, 0.29) is 0 Å². The summed E-state index contributed by atoms with van der Waals surface area (Å²) in [5.41, 5.74) is 8.47. The summed E-state index contributed by atoms with van der Waals surface area (Å²) in [6.45, 7) is 8.74. The van der Waals surface area contributed by atoms with Crippen LogP contribution in [0.15, 0.2) is 24.3 Å². The monoisotopic (exact) mass is 264 g/mol. The number of hydrogen-bond acceptors (Lipinski definition) is 3. The Bertz CT molecular complexity index is 363. The molecule has 1 heterocycles. The van der Waals surface area contributed by atoms with Gasteiger partial charge in [-0.25, -0.2) is 0 Å². The minimum Gasteiger partial charge on any atom is -0.330 e. The van der Waals surface area contributed by atoms with Gasteiger partial charge in [-0.15, -0.1) is 0 Å². The molecule has 1 aromatic carbocycles. The summed E-state index contributed by atoms with van der Waals surface area (Å²) < 4.78 is 0. The highest BCUT2D eigenvalue weighted by atomic mass is 32.2. The first kappa shape index (κ1) is 13.9. The Morgan fingerprint density at radius 3 is 2.72 bits per heavy atom. The van der Waals surface area contributed by atoms with Crippen LogP contribution in [0, 0.1) is 0 Å². The van der Waals surface area contributed by atoms with E-state index in [1.54, 1.807) is 0 Å². The largest absolute Gasteiger partial charge is 0.330 e. The smallest absolute Gasteiger partial charge is 0.0234 e. The number of nitrogens with two attached hydrogens (primary N) is 1. The molecule has 0 radical (unpaired) electrons. The lowest BCUT2D eigenvalue weighted by molar-refractivity contribution is 0.278. The molecule has 1 aliphatic heterocycles. The van der Waals surface area contributed by atoms with E-state index in [9.17, 15) is 0 Å². The molecule has 0 amide bonds. The number of nitrogens with zero attached hydrogens (tertiary/aromatic N) is 1. The summed E-state index contributed by atoms with van der Waals surface area (Å²) in [6.07, 6.45) is 0. The van der Waals surface area contributed by atoms with E-state index in [0.717, 1.165) is 18.3 Å². The lowest BCUT2D eigenvalue weighted by Gasteiger charge is -2.30. The van der Waals surface area contributed by atoms with Crippen molar-refractivity contribution in [2.24, 2.45) is 5.73 Å². The fourth-order valence-electron chi connectivity index (χ4n) is 2.38. The highest BCUT2D eigenvalue weighted by Crippen LogP contribution is 2.20. The summed E-state index contributed by atoms with van der Waals surface area (Å²) in [5, 5.41) is 0.773. The second-order valence-electron chi connectivity index (χ2n) is 5.29. The van der Waals surface area contributed by atoms with Crippen molar-refractivity contribution < 1.29 is 0 Å². The second kappa shape index (κ2) is 6.60. The van der Waals surface area contributed by atoms with Gasteiger partial charge in [-0.05, 0) is 23.6 Å². The van der Waals surface area contributed by atoms with Gasteiger partial charge in [0.25, 0.3) is 0 Å². The first-order chi connectivity index (χ1) is 8.69. The van der Waals surface area contributed by atoms with Gasteiger partial charge in [-0.2, -0.15) is 11.8 Å². The molecule has 18 heavy (non-hydrogen) atoms. The summed E-state index contributed by atoms with van der Waals surface area (Å²) >= 11 is 2.09. The van der Waals surface area contributed by atoms with Crippen molar-refractivity contribution in [2.75, 3.05) is 25.4 Å². The van der Waals surface area contributed by atoms with Gasteiger partial charge in [0.05, 0.1) is 0 Å². The molecular weight excluding hydrogens is 240 g/mol. The lowest BCUT2D eigenvalue weighted by atomic mass is 10.00. The van der Waals surface area contributed by atoms with Crippen molar-refractivity contribution in [1.82, 2.24) is 4.90 Å². The van der Waals surface area contributed by atoms with E-state index in [1.807, 2.05) is 0 Å². The zero-order valence-corrected chi connectivity index (χ0v) is 12.2. The van der Waals surface area contributed by atoms with Crippen LogP contribution < -0.4 is 5.73 Å². The van der Waals surface area contributed by atoms with Crippen molar-refractivity contribution in [1.29, 1.82) is 0 Å². The molecule has 1 aromatic rings. The van der Waals surface area contributed by atoms with Crippen LogP contribution >= 0.6 is 11.8 Å². The second-order valence-corrected chi connectivity index (χ2v) is 6.84. The number of hydrogen-bond donors (Lipinski definition) is 1. The van der Waals surface area contributed by atoms with Gasteiger partial charge >= 0.3 is 0 Å². The maximum absolute atomic E-state index is 5.70. The molecule has 2 rings (SSSR count). The van der Waals surface area contributed by atoms with Crippen LogP contribution in [0.25, 0.3) is 0 Å². The fraction of sp³-hybridized carbons (Fsp3) is 0.600. The SMILES string of the molecule is CC1CN(Cc2ccc(C(C)CN)cc2)CCS1. The van der Waals surface area contributed by atoms with Crippen molar-refractivity contribution in [3.63, 3.8) is 0 Å². The first-order valence-corrected chi connectivity index (χ1v) is 7.86. The molecule has 0 saturated carbocycles. The van der Waals surface area contributed by atoms with Crippen LogP contribution in [0.1, 0.15) is 30.9 Å². The number of benzene rings is 1. The maximum Gasteiger partial charge on any atom is 0.0234 e. The van der Waals surface area contributed by atoms with E-state index < -0.39 is 0 Å². The normalized spacial score (nSPS) is 22.9. The minimum atomic E-state index is 0.463. The zero-order chi connectivity index (χ0) is 13.0. The molecular formula is C15H24N2S. The van der Waals surface area contributed by atoms with Crippen LogP contribution in [0.3, 0.4) is 0 Å². The molecule has 2 atom stereocenters. The third kappa shape index (κ3) is 3.74. The summed E-state index contributed by atoms with van der Waals surface area (Å²) in [5.74, 6) is 1.73. The predicted molar refractivity (Wildman–Crippen MR) is 81.1 cm³/mol. The Hall–Kier alpha value is -0.510. The molecule has 0 aliphatic carbocycles. The van der Waals surface area contributed by atoms with Gasteiger partial charge in [-0.3, -0.25) is 4.90 Å². The molecule has 1 aliphatic rings. The maximum atomic E-state index is 5.70. The van der Waals surface area contributed by atoms with Crippen molar-refractivity contribution in [2.45, 2.75) is 31.6 Å². The molecule has 0 bridgehead atoms. The van der Waals surface area contributed by atoms with Gasteiger partial charge < -0.3 is 5.73 Å². The zero-order valence-electron chi connectivity index (χ0n) is 11.4. The minimum absolute atomic E-state index is 0.463. The van der Waals surface area contributed by atoms with Crippen LogP contribution in [-0.4, -0.2) is 35.5 Å². The predicted octanol–water partition coefficient (Wildman–Crippen LogP) is 2.69. The standard InChI is InChI=1S/C15H24N2S/c1-12(9-16)15-5-3-14(4-6-15)11-17-7-8-18-13(2)10-17/h3-6,12-13H,7-11,16H2,1-2H3. The average Bonchev–Trinajstić information content (AvgIpc) is 2.39. The molecule has 2 unspecified atom stereocenters. The molecule has 100 valence electrons. The van der Waals surface area contributed by atoms with Crippen LogP contribution in [-0.2, 0) is 6.54 Å². The molecule has 0 spiro atoms. The highest BCUT2D eigenvalue weighted by molar-refractivity contribution is 7.99. The molecule has 0 aromatic heterocycles. The van der Waals surface area contributed by atoms with Gasteiger partial charge in [0.1, 0.15) is 0 Å².